The second kappa shape index (κ2) is 10.0. The van der Waals surface area contributed by atoms with Gasteiger partial charge in [0.1, 0.15) is 5.75 Å². The van der Waals surface area contributed by atoms with Gasteiger partial charge in [0.15, 0.2) is 0 Å². The van der Waals surface area contributed by atoms with E-state index in [2.05, 4.69) is 47.8 Å². The van der Waals surface area contributed by atoms with Gasteiger partial charge in [-0.2, -0.15) is 0 Å². The van der Waals surface area contributed by atoms with Gasteiger partial charge in [-0.15, -0.1) is 13.2 Å². The van der Waals surface area contributed by atoms with E-state index in [0.29, 0.717) is 11.5 Å². The first kappa shape index (κ1) is 22.8. The lowest BCUT2D eigenvalue weighted by Crippen LogP contribution is -2.30. The van der Waals surface area contributed by atoms with Crippen molar-refractivity contribution in [3.05, 3.63) is 65.2 Å². The number of ether oxygens (including phenoxy) is 1. The summed E-state index contributed by atoms with van der Waals surface area (Å²) in [6, 6.07) is 14.2. The minimum absolute atomic E-state index is 0.235. The zero-order valence-electron chi connectivity index (χ0n) is 18.6. The van der Waals surface area contributed by atoms with Crippen LogP contribution in [-0.4, -0.2) is 6.36 Å². The minimum atomic E-state index is -4.68. The Morgan fingerprint density at radius 1 is 0.812 bits per heavy atom. The van der Waals surface area contributed by atoms with Crippen LogP contribution in [0.25, 0.3) is 0 Å². The third kappa shape index (κ3) is 6.09. The summed E-state index contributed by atoms with van der Waals surface area (Å²) in [6.07, 6.45) is 6.29. The van der Waals surface area contributed by atoms with Gasteiger partial charge in [-0.1, -0.05) is 50.2 Å². The maximum atomic E-state index is 12.3. The van der Waals surface area contributed by atoms with Crippen molar-refractivity contribution >= 4 is 0 Å². The van der Waals surface area contributed by atoms with Gasteiger partial charge in [0.2, 0.25) is 0 Å². The predicted molar refractivity (Wildman–Crippen MR) is 121 cm³/mol. The zero-order chi connectivity index (χ0) is 22.6. The number of alkyl halides is 3. The average molecular weight is 441 g/mol. The lowest BCUT2D eigenvalue weighted by molar-refractivity contribution is -0.274. The van der Waals surface area contributed by atoms with Crippen LogP contribution in [0.1, 0.15) is 80.9 Å². The molecule has 2 aromatic carbocycles. The van der Waals surface area contributed by atoms with E-state index in [9.17, 15) is 13.2 Å². The summed E-state index contributed by atoms with van der Waals surface area (Å²) in [7, 11) is 0. The molecular formula is C28H31F3O. The fraction of sp³-hybridized carbons (Fsp3) is 0.500. The average Bonchev–Trinajstić information content (AvgIpc) is 2.78. The molecule has 1 nitrogen and oxygen atoms in total. The predicted octanol–water partition coefficient (Wildman–Crippen LogP) is 8.09. The van der Waals surface area contributed by atoms with Crippen molar-refractivity contribution in [2.24, 2.45) is 17.8 Å². The van der Waals surface area contributed by atoms with Crippen molar-refractivity contribution in [1.29, 1.82) is 0 Å². The van der Waals surface area contributed by atoms with E-state index in [1.807, 2.05) is 0 Å². The standard InChI is InChI=1S/C28H31F3O/c1-2-3-22-8-13-26-19-25(15-14-24(26)18-22)23-11-6-20(7-12-23)4-5-21-9-16-27(17-10-21)32-28(29,30)31/h6-7,9-12,16-17,22,24-26H,2-3,8,13-15,18-19H2,1H3. The van der Waals surface area contributed by atoms with Crippen LogP contribution in [0.4, 0.5) is 13.2 Å². The largest absolute Gasteiger partial charge is 0.573 e. The molecule has 0 aliphatic heterocycles. The highest BCUT2D eigenvalue weighted by Gasteiger charge is 2.35. The molecule has 4 atom stereocenters. The van der Waals surface area contributed by atoms with Crippen LogP contribution >= 0.6 is 0 Å². The maximum Gasteiger partial charge on any atom is 0.573 e. The second-order valence-corrected chi connectivity index (χ2v) is 9.44. The maximum absolute atomic E-state index is 12.3. The number of halogens is 3. The molecule has 2 aliphatic rings. The lowest BCUT2D eigenvalue weighted by atomic mass is 9.63. The minimum Gasteiger partial charge on any atom is -0.406 e. The molecule has 0 spiro atoms. The molecule has 0 N–H and O–H groups in total. The molecule has 4 rings (SSSR count). The molecule has 2 saturated carbocycles. The van der Waals surface area contributed by atoms with E-state index < -0.39 is 6.36 Å². The Bertz CT molecular complexity index is 934. The van der Waals surface area contributed by atoms with Gasteiger partial charge in [-0.25, -0.2) is 0 Å². The normalized spacial score (nSPS) is 25.4. The fourth-order valence-electron chi connectivity index (χ4n) is 5.68. The molecule has 0 amide bonds. The van der Waals surface area contributed by atoms with Gasteiger partial charge in [0.25, 0.3) is 0 Å². The van der Waals surface area contributed by atoms with Crippen molar-refractivity contribution < 1.29 is 17.9 Å². The van der Waals surface area contributed by atoms with Crippen molar-refractivity contribution in [1.82, 2.24) is 0 Å². The van der Waals surface area contributed by atoms with E-state index in [0.717, 1.165) is 23.3 Å². The van der Waals surface area contributed by atoms with Crippen molar-refractivity contribution in [2.45, 2.75) is 70.6 Å². The summed E-state index contributed by atoms with van der Waals surface area (Å²) in [5.41, 5.74) is 2.98. The Kier molecular flexibility index (Phi) is 7.13. The zero-order valence-corrected chi connectivity index (χ0v) is 18.6. The quantitative estimate of drug-likeness (QED) is 0.437. The number of hydrogen-bond acceptors (Lipinski definition) is 1. The third-order valence-electron chi connectivity index (χ3n) is 7.24. The van der Waals surface area contributed by atoms with Crippen LogP contribution in [0.2, 0.25) is 0 Å². The van der Waals surface area contributed by atoms with Crippen molar-refractivity contribution in [2.75, 3.05) is 0 Å². The molecule has 2 aliphatic carbocycles. The molecule has 0 heterocycles. The molecule has 2 fully saturated rings. The van der Waals surface area contributed by atoms with Gasteiger partial charge < -0.3 is 4.74 Å². The van der Waals surface area contributed by atoms with Crippen molar-refractivity contribution in [3.8, 4) is 17.6 Å². The molecule has 0 bridgehead atoms. The molecule has 4 unspecified atom stereocenters. The van der Waals surface area contributed by atoms with Crippen LogP contribution in [0.3, 0.4) is 0 Å². The summed E-state index contributed by atoms with van der Waals surface area (Å²) >= 11 is 0. The van der Waals surface area contributed by atoms with E-state index in [1.54, 1.807) is 0 Å². The van der Waals surface area contributed by atoms with Crippen LogP contribution in [0.5, 0.6) is 5.75 Å². The molecule has 4 heteroatoms. The SMILES string of the molecule is CCCC1CCC2CC(c3ccc(C#Cc4ccc(OC(F)(F)F)cc4)cc3)CCC2C1. The third-order valence-corrected chi connectivity index (χ3v) is 7.24. The number of benzene rings is 2. The summed E-state index contributed by atoms with van der Waals surface area (Å²) in [5, 5.41) is 0. The van der Waals surface area contributed by atoms with Gasteiger partial charge in [-0.05, 0) is 97.7 Å². The highest BCUT2D eigenvalue weighted by molar-refractivity contribution is 5.45. The monoisotopic (exact) mass is 440 g/mol. The fourth-order valence-corrected chi connectivity index (χ4v) is 5.68. The summed E-state index contributed by atoms with van der Waals surface area (Å²) in [5.74, 6) is 9.34. The topological polar surface area (TPSA) is 9.23 Å². The smallest absolute Gasteiger partial charge is 0.406 e. The highest BCUT2D eigenvalue weighted by atomic mass is 19.4. The van der Waals surface area contributed by atoms with E-state index in [4.69, 9.17) is 0 Å². The van der Waals surface area contributed by atoms with Crippen LogP contribution in [-0.2, 0) is 0 Å². The highest BCUT2D eigenvalue weighted by Crippen LogP contribution is 2.48. The molecule has 2 aromatic rings. The molecule has 0 aromatic heterocycles. The Morgan fingerprint density at radius 3 is 2.03 bits per heavy atom. The number of fused-ring (bicyclic) bond motifs is 1. The summed E-state index contributed by atoms with van der Waals surface area (Å²) in [4.78, 5) is 0. The van der Waals surface area contributed by atoms with Gasteiger partial charge >= 0.3 is 6.36 Å². The Morgan fingerprint density at radius 2 is 1.41 bits per heavy atom. The van der Waals surface area contributed by atoms with Gasteiger partial charge in [0, 0.05) is 11.1 Å². The van der Waals surface area contributed by atoms with Gasteiger partial charge in [0.05, 0.1) is 0 Å². The Labute approximate surface area is 189 Å². The lowest BCUT2D eigenvalue weighted by Gasteiger charge is -2.42. The molecule has 0 radical (unpaired) electrons. The number of rotatable bonds is 4. The van der Waals surface area contributed by atoms with E-state index in [1.165, 1.54) is 81.2 Å². The Balaban J connectivity index is 1.33. The summed E-state index contributed by atoms with van der Waals surface area (Å²) < 4.78 is 40.7. The first-order valence-corrected chi connectivity index (χ1v) is 11.9. The molecule has 32 heavy (non-hydrogen) atoms. The van der Waals surface area contributed by atoms with Crippen LogP contribution < -0.4 is 4.74 Å². The number of hydrogen-bond donors (Lipinski definition) is 0. The van der Waals surface area contributed by atoms with E-state index >= 15 is 0 Å². The summed E-state index contributed by atoms with van der Waals surface area (Å²) in [6.45, 7) is 2.31. The molecule has 0 saturated heterocycles. The Hall–Kier alpha value is -2.41. The van der Waals surface area contributed by atoms with Crippen LogP contribution in [0, 0.1) is 29.6 Å². The van der Waals surface area contributed by atoms with Gasteiger partial charge in [-0.3, -0.25) is 0 Å². The van der Waals surface area contributed by atoms with E-state index in [-0.39, 0.29) is 5.75 Å². The van der Waals surface area contributed by atoms with Crippen molar-refractivity contribution in [3.63, 3.8) is 0 Å². The molecule has 170 valence electrons. The first-order valence-electron chi connectivity index (χ1n) is 11.9. The molecular weight excluding hydrogens is 409 g/mol. The second-order valence-electron chi connectivity index (χ2n) is 9.44. The van der Waals surface area contributed by atoms with Crippen LogP contribution in [0.15, 0.2) is 48.5 Å². The first-order chi connectivity index (χ1) is 15.4.